The predicted molar refractivity (Wildman–Crippen MR) is 89.1 cm³/mol. The minimum Gasteiger partial charge on any atom is -0.322 e. The SMILES string of the molecule is C[C@H]1Cc2cc(C(=O)Nc3ccncc3)ccc2N1S(C)(=O)=O. The Morgan fingerprint density at radius 1 is 1.26 bits per heavy atom. The number of benzene rings is 1. The number of aromatic nitrogens is 1. The second-order valence-electron chi connectivity index (χ2n) is 5.65. The van der Waals surface area contributed by atoms with Gasteiger partial charge in [0, 0.05) is 29.7 Å². The number of nitrogens with zero attached hydrogens (tertiary/aromatic N) is 2. The highest BCUT2D eigenvalue weighted by Gasteiger charge is 2.32. The normalized spacial score (nSPS) is 17.0. The number of sulfonamides is 1. The van der Waals surface area contributed by atoms with Gasteiger partial charge in [0.25, 0.3) is 5.91 Å². The minimum absolute atomic E-state index is 0.140. The van der Waals surface area contributed by atoms with Gasteiger partial charge in [-0.05, 0) is 49.2 Å². The Labute approximate surface area is 135 Å². The van der Waals surface area contributed by atoms with Gasteiger partial charge < -0.3 is 5.32 Å². The molecule has 1 atom stereocenters. The fourth-order valence-corrected chi connectivity index (χ4v) is 4.15. The number of hydrogen-bond acceptors (Lipinski definition) is 4. The molecule has 23 heavy (non-hydrogen) atoms. The summed E-state index contributed by atoms with van der Waals surface area (Å²) in [6.07, 6.45) is 5.00. The summed E-state index contributed by atoms with van der Waals surface area (Å²) in [7, 11) is -3.32. The van der Waals surface area contributed by atoms with Crippen molar-refractivity contribution in [1.82, 2.24) is 4.98 Å². The minimum atomic E-state index is -3.32. The van der Waals surface area contributed by atoms with Crippen LogP contribution in [0.25, 0.3) is 0 Å². The van der Waals surface area contributed by atoms with E-state index in [1.165, 1.54) is 10.6 Å². The van der Waals surface area contributed by atoms with Crippen molar-refractivity contribution in [1.29, 1.82) is 0 Å². The van der Waals surface area contributed by atoms with Crippen molar-refractivity contribution < 1.29 is 13.2 Å². The first kappa shape index (κ1) is 15.5. The van der Waals surface area contributed by atoms with E-state index in [0.29, 0.717) is 23.4 Å². The van der Waals surface area contributed by atoms with E-state index < -0.39 is 10.0 Å². The Balaban J connectivity index is 1.88. The third kappa shape index (κ3) is 3.05. The third-order valence-electron chi connectivity index (χ3n) is 3.79. The lowest BCUT2D eigenvalue weighted by Crippen LogP contribution is -2.34. The van der Waals surface area contributed by atoms with Crippen molar-refractivity contribution >= 4 is 27.3 Å². The molecule has 7 heteroatoms. The van der Waals surface area contributed by atoms with E-state index in [1.807, 2.05) is 6.92 Å². The van der Waals surface area contributed by atoms with Crippen LogP contribution in [0.4, 0.5) is 11.4 Å². The molecular formula is C16H17N3O3S. The van der Waals surface area contributed by atoms with Gasteiger partial charge in [-0.2, -0.15) is 0 Å². The molecule has 2 heterocycles. The molecule has 1 aliphatic rings. The van der Waals surface area contributed by atoms with Gasteiger partial charge in [0.15, 0.2) is 0 Å². The van der Waals surface area contributed by atoms with Gasteiger partial charge in [0.1, 0.15) is 0 Å². The first-order valence-corrected chi connectivity index (χ1v) is 9.05. The largest absolute Gasteiger partial charge is 0.322 e. The lowest BCUT2D eigenvalue weighted by Gasteiger charge is -2.21. The molecule has 1 amide bonds. The van der Waals surface area contributed by atoms with E-state index in [4.69, 9.17) is 0 Å². The van der Waals surface area contributed by atoms with Crippen molar-refractivity contribution in [3.8, 4) is 0 Å². The Hall–Kier alpha value is -2.41. The molecule has 0 fully saturated rings. The quantitative estimate of drug-likeness (QED) is 0.933. The average molecular weight is 331 g/mol. The summed E-state index contributed by atoms with van der Waals surface area (Å²) in [6, 6.07) is 8.37. The summed E-state index contributed by atoms with van der Waals surface area (Å²) in [6.45, 7) is 1.86. The zero-order valence-corrected chi connectivity index (χ0v) is 13.7. The molecule has 0 unspecified atom stereocenters. The molecule has 1 N–H and O–H groups in total. The molecule has 1 aromatic heterocycles. The maximum absolute atomic E-state index is 12.3. The van der Waals surface area contributed by atoms with Crippen LogP contribution >= 0.6 is 0 Å². The Bertz CT molecular complexity index is 850. The van der Waals surface area contributed by atoms with Gasteiger partial charge in [-0.3, -0.25) is 14.1 Å². The summed E-state index contributed by atoms with van der Waals surface area (Å²) in [5.74, 6) is -0.232. The van der Waals surface area contributed by atoms with E-state index in [1.54, 1.807) is 42.7 Å². The van der Waals surface area contributed by atoms with Crippen LogP contribution in [0.3, 0.4) is 0 Å². The third-order valence-corrected chi connectivity index (χ3v) is 5.06. The fourth-order valence-electron chi connectivity index (χ4n) is 2.89. The Morgan fingerprint density at radius 2 is 1.96 bits per heavy atom. The lowest BCUT2D eigenvalue weighted by molar-refractivity contribution is 0.102. The smallest absolute Gasteiger partial charge is 0.255 e. The second-order valence-corrected chi connectivity index (χ2v) is 7.50. The van der Waals surface area contributed by atoms with E-state index in [9.17, 15) is 13.2 Å². The van der Waals surface area contributed by atoms with Crippen molar-refractivity contribution in [2.45, 2.75) is 19.4 Å². The summed E-state index contributed by atoms with van der Waals surface area (Å²) >= 11 is 0. The van der Waals surface area contributed by atoms with Crippen LogP contribution in [0.15, 0.2) is 42.7 Å². The van der Waals surface area contributed by atoms with Crippen LogP contribution in [0.1, 0.15) is 22.8 Å². The molecule has 1 aromatic carbocycles. The summed E-state index contributed by atoms with van der Waals surface area (Å²) in [5, 5.41) is 2.79. The molecular weight excluding hydrogens is 314 g/mol. The highest BCUT2D eigenvalue weighted by Crippen LogP contribution is 2.34. The maximum Gasteiger partial charge on any atom is 0.255 e. The zero-order valence-electron chi connectivity index (χ0n) is 12.9. The van der Waals surface area contributed by atoms with Crippen molar-refractivity contribution in [3.63, 3.8) is 0 Å². The highest BCUT2D eigenvalue weighted by atomic mass is 32.2. The lowest BCUT2D eigenvalue weighted by atomic mass is 10.1. The molecule has 0 radical (unpaired) electrons. The highest BCUT2D eigenvalue weighted by molar-refractivity contribution is 7.92. The van der Waals surface area contributed by atoms with Gasteiger partial charge in [0.2, 0.25) is 10.0 Å². The van der Waals surface area contributed by atoms with E-state index in [-0.39, 0.29) is 11.9 Å². The molecule has 0 spiro atoms. The van der Waals surface area contributed by atoms with Crippen LogP contribution in [-0.2, 0) is 16.4 Å². The van der Waals surface area contributed by atoms with Crippen molar-refractivity contribution in [3.05, 3.63) is 53.9 Å². The molecule has 120 valence electrons. The average Bonchev–Trinajstić information content (AvgIpc) is 2.82. The predicted octanol–water partition coefficient (Wildman–Crippen LogP) is 2.04. The molecule has 0 bridgehead atoms. The molecule has 0 saturated heterocycles. The maximum atomic E-state index is 12.3. The van der Waals surface area contributed by atoms with Crippen LogP contribution in [0, 0.1) is 0 Å². The number of fused-ring (bicyclic) bond motifs is 1. The van der Waals surface area contributed by atoms with Gasteiger partial charge in [0.05, 0.1) is 11.9 Å². The monoisotopic (exact) mass is 331 g/mol. The molecule has 6 nitrogen and oxygen atoms in total. The number of pyridine rings is 1. The molecule has 2 aromatic rings. The number of nitrogens with one attached hydrogen (secondary N) is 1. The van der Waals surface area contributed by atoms with Crippen LogP contribution in [-0.4, -0.2) is 31.6 Å². The van der Waals surface area contributed by atoms with Gasteiger partial charge in [-0.25, -0.2) is 8.42 Å². The summed E-state index contributed by atoms with van der Waals surface area (Å²) in [4.78, 5) is 16.2. The molecule has 0 saturated carbocycles. The van der Waals surface area contributed by atoms with Crippen LogP contribution in [0.5, 0.6) is 0 Å². The van der Waals surface area contributed by atoms with Gasteiger partial charge in [-0.1, -0.05) is 0 Å². The van der Waals surface area contributed by atoms with Crippen LogP contribution in [0.2, 0.25) is 0 Å². The number of carbonyl (C=O) groups is 1. The summed E-state index contributed by atoms with van der Waals surface area (Å²) < 4.78 is 25.2. The molecule has 0 aliphatic carbocycles. The van der Waals surface area contributed by atoms with Crippen LogP contribution < -0.4 is 9.62 Å². The van der Waals surface area contributed by atoms with E-state index in [2.05, 4.69) is 10.3 Å². The van der Waals surface area contributed by atoms with Crippen molar-refractivity contribution in [2.24, 2.45) is 0 Å². The summed E-state index contributed by atoms with van der Waals surface area (Å²) in [5.41, 5.74) is 2.69. The first-order chi connectivity index (χ1) is 10.9. The zero-order chi connectivity index (χ0) is 16.6. The van der Waals surface area contributed by atoms with Crippen molar-refractivity contribution in [2.75, 3.05) is 15.9 Å². The fraction of sp³-hybridized carbons (Fsp3) is 0.250. The first-order valence-electron chi connectivity index (χ1n) is 7.20. The van der Waals surface area contributed by atoms with Gasteiger partial charge in [-0.15, -0.1) is 0 Å². The topological polar surface area (TPSA) is 79.4 Å². The molecule has 3 rings (SSSR count). The second kappa shape index (κ2) is 5.66. The standard InChI is InChI=1S/C16H17N3O3S/c1-11-9-13-10-12(3-4-15(13)19(11)23(2,21)22)16(20)18-14-5-7-17-8-6-14/h3-8,10-11H,9H2,1-2H3,(H,17,18,20)/t11-/m0/s1. The number of hydrogen-bond donors (Lipinski definition) is 1. The van der Waals surface area contributed by atoms with Gasteiger partial charge >= 0.3 is 0 Å². The number of carbonyl (C=O) groups excluding carboxylic acids is 1. The molecule has 1 aliphatic heterocycles. The Morgan fingerprint density at radius 3 is 2.61 bits per heavy atom. The Kier molecular flexibility index (Phi) is 3.81. The van der Waals surface area contributed by atoms with E-state index in [0.717, 1.165) is 5.56 Å². The van der Waals surface area contributed by atoms with E-state index >= 15 is 0 Å². The number of rotatable bonds is 3. The number of amides is 1. The number of anilines is 2.